The summed E-state index contributed by atoms with van der Waals surface area (Å²) >= 11 is 0. The first-order chi connectivity index (χ1) is 13.0. The summed E-state index contributed by atoms with van der Waals surface area (Å²) in [7, 11) is 3.32. The standard InChI is InChI=1S/C22H33NO4/c1-5-27-21(24)22-11-6-7-20(22)23(15-16(2)14-22)12-10-17-8-9-18(25-3)19(13-17)26-4/h8-9,13,16,20H,5-7,10-12,14-15H2,1-4H3/t16-,20+,22+/m0/s1. The Hall–Kier alpha value is -1.75. The maximum atomic E-state index is 12.8. The van der Waals surface area contributed by atoms with Crippen LogP contribution in [-0.4, -0.2) is 50.8 Å². The second-order valence-electron chi connectivity index (χ2n) is 8.03. The highest BCUT2D eigenvalue weighted by Crippen LogP contribution is 2.50. The lowest BCUT2D eigenvalue weighted by Crippen LogP contribution is -2.56. The van der Waals surface area contributed by atoms with E-state index in [-0.39, 0.29) is 11.4 Å². The number of ether oxygens (including phenoxy) is 3. The molecule has 1 saturated heterocycles. The van der Waals surface area contributed by atoms with Crippen molar-refractivity contribution < 1.29 is 19.0 Å². The second-order valence-corrected chi connectivity index (χ2v) is 8.03. The van der Waals surface area contributed by atoms with Crippen LogP contribution in [0.3, 0.4) is 0 Å². The van der Waals surface area contributed by atoms with E-state index in [1.54, 1.807) is 14.2 Å². The summed E-state index contributed by atoms with van der Waals surface area (Å²) in [6, 6.07) is 6.43. The molecule has 0 unspecified atom stereocenters. The molecule has 1 aromatic rings. The van der Waals surface area contributed by atoms with E-state index in [0.717, 1.165) is 56.7 Å². The summed E-state index contributed by atoms with van der Waals surface area (Å²) in [5.74, 6) is 2.05. The number of benzene rings is 1. The molecule has 1 saturated carbocycles. The Balaban J connectivity index is 1.73. The molecule has 1 aliphatic heterocycles. The molecule has 3 rings (SSSR count). The molecule has 0 amide bonds. The summed E-state index contributed by atoms with van der Waals surface area (Å²) < 4.78 is 16.3. The van der Waals surface area contributed by atoms with E-state index in [9.17, 15) is 4.79 Å². The van der Waals surface area contributed by atoms with Crippen molar-refractivity contribution in [3.05, 3.63) is 23.8 Å². The highest BCUT2D eigenvalue weighted by Gasteiger charge is 2.55. The van der Waals surface area contributed by atoms with Crippen LogP contribution >= 0.6 is 0 Å². The van der Waals surface area contributed by atoms with Gasteiger partial charge < -0.3 is 14.2 Å². The molecule has 0 N–H and O–H groups in total. The van der Waals surface area contributed by atoms with Crippen molar-refractivity contribution in [1.82, 2.24) is 4.90 Å². The first kappa shape index (κ1) is 20.0. The van der Waals surface area contributed by atoms with E-state index in [1.807, 2.05) is 13.0 Å². The van der Waals surface area contributed by atoms with Crippen molar-refractivity contribution in [3.8, 4) is 11.5 Å². The number of rotatable bonds is 7. The minimum atomic E-state index is -0.300. The normalized spacial score (nSPS) is 27.9. The van der Waals surface area contributed by atoms with Gasteiger partial charge in [0, 0.05) is 19.1 Å². The maximum absolute atomic E-state index is 12.8. The second kappa shape index (κ2) is 8.51. The number of nitrogens with zero attached hydrogens (tertiary/aromatic N) is 1. The monoisotopic (exact) mass is 375 g/mol. The van der Waals surface area contributed by atoms with Crippen molar-refractivity contribution in [2.45, 2.75) is 52.0 Å². The molecule has 0 aromatic heterocycles. The van der Waals surface area contributed by atoms with E-state index in [0.29, 0.717) is 18.6 Å². The lowest BCUT2D eigenvalue weighted by molar-refractivity contribution is -0.163. The van der Waals surface area contributed by atoms with Crippen LogP contribution in [0.2, 0.25) is 0 Å². The quantitative estimate of drug-likeness (QED) is 0.680. The zero-order valence-electron chi connectivity index (χ0n) is 17.1. The van der Waals surface area contributed by atoms with Gasteiger partial charge in [0.05, 0.1) is 26.2 Å². The van der Waals surface area contributed by atoms with Gasteiger partial charge in [0.15, 0.2) is 11.5 Å². The number of likely N-dealkylation sites (tertiary alicyclic amines) is 1. The van der Waals surface area contributed by atoms with Gasteiger partial charge >= 0.3 is 5.97 Å². The van der Waals surface area contributed by atoms with Crippen molar-refractivity contribution in [2.75, 3.05) is 33.9 Å². The SMILES string of the molecule is CCOC(=O)[C@@]12CCC[C@H]1N(CCc1ccc(OC)c(OC)c1)C[C@@H](C)C2. The molecule has 150 valence electrons. The number of carbonyl (C=O) groups excluding carboxylic acids is 1. The molecule has 1 aliphatic carbocycles. The molecule has 3 atom stereocenters. The Morgan fingerprint density at radius 2 is 2.04 bits per heavy atom. The van der Waals surface area contributed by atoms with Crippen LogP contribution < -0.4 is 9.47 Å². The minimum Gasteiger partial charge on any atom is -0.493 e. The first-order valence-corrected chi connectivity index (χ1v) is 10.2. The average Bonchev–Trinajstić information content (AvgIpc) is 3.11. The molecule has 1 aromatic carbocycles. The molecule has 1 heterocycles. The number of piperidine rings is 1. The van der Waals surface area contributed by atoms with Crippen LogP contribution in [0.5, 0.6) is 11.5 Å². The number of hydrogen-bond donors (Lipinski definition) is 0. The summed E-state index contributed by atoms with van der Waals surface area (Å²) in [6.07, 6.45) is 5.07. The Morgan fingerprint density at radius 1 is 1.26 bits per heavy atom. The van der Waals surface area contributed by atoms with Crippen LogP contribution in [0.15, 0.2) is 18.2 Å². The van der Waals surface area contributed by atoms with Gasteiger partial charge in [-0.1, -0.05) is 19.4 Å². The predicted molar refractivity (Wildman–Crippen MR) is 105 cm³/mol. The van der Waals surface area contributed by atoms with Gasteiger partial charge in [0.2, 0.25) is 0 Å². The molecule has 0 radical (unpaired) electrons. The fraction of sp³-hybridized carbons (Fsp3) is 0.682. The van der Waals surface area contributed by atoms with Crippen LogP contribution in [0.4, 0.5) is 0 Å². The molecule has 5 nitrogen and oxygen atoms in total. The first-order valence-electron chi connectivity index (χ1n) is 10.2. The van der Waals surface area contributed by atoms with Gasteiger partial charge in [-0.3, -0.25) is 9.69 Å². The van der Waals surface area contributed by atoms with Crippen LogP contribution in [0, 0.1) is 11.3 Å². The van der Waals surface area contributed by atoms with E-state index >= 15 is 0 Å². The van der Waals surface area contributed by atoms with Gasteiger partial charge in [0.1, 0.15) is 0 Å². The highest BCUT2D eigenvalue weighted by molar-refractivity contribution is 5.78. The molecule has 0 spiro atoms. The van der Waals surface area contributed by atoms with Gasteiger partial charge in [-0.05, 0) is 56.2 Å². The van der Waals surface area contributed by atoms with Crippen molar-refractivity contribution in [1.29, 1.82) is 0 Å². The molecular formula is C22H33NO4. The molecular weight excluding hydrogens is 342 g/mol. The third-order valence-corrected chi connectivity index (χ3v) is 6.26. The predicted octanol–water partition coefficient (Wildman–Crippen LogP) is 3.69. The third kappa shape index (κ3) is 3.93. The third-order valence-electron chi connectivity index (χ3n) is 6.26. The van der Waals surface area contributed by atoms with Gasteiger partial charge in [0.25, 0.3) is 0 Å². The van der Waals surface area contributed by atoms with E-state index in [2.05, 4.69) is 24.0 Å². The lowest BCUT2D eigenvalue weighted by Gasteiger charge is -2.47. The van der Waals surface area contributed by atoms with Gasteiger partial charge in [-0.25, -0.2) is 0 Å². The summed E-state index contributed by atoms with van der Waals surface area (Å²) in [5, 5.41) is 0. The number of carbonyl (C=O) groups is 1. The summed E-state index contributed by atoms with van der Waals surface area (Å²) in [5.41, 5.74) is 0.927. The zero-order chi connectivity index (χ0) is 19.4. The summed E-state index contributed by atoms with van der Waals surface area (Å²) in [4.78, 5) is 15.4. The average molecular weight is 376 g/mol. The summed E-state index contributed by atoms with van der Waals surface area (Å²) in [6.45, 7) is 6.64. The Kier molecular flexibility index (Phi) is 6.30. The van der Waals surface area contributed by atoms with E-state index in [4.69, 9.17) is 14.2 Å². The number of hydrogen-bond acceptors (Lipinski definition) is 5. The number of esters is 1. The lowest BCUT2D eigenvalue weighted by atomic mass is 9.71. The molecule has 5 heteroatoms. The smallest absolute Gasteiger partial charge is 0.313 e. The van der Waals surface area contributed by atoms with Crippen LogP contribution in [0.1, 0.15) is 45.1 Å². The van der Waals surface area contributed by atoms with Gasteiger partial charge in [-0.15, -0.1) is 0 Å². The van der Waals surface area contributed by atoms with E-state index < -0.39 is 0 Å². The largest absolute Gasteiger partial charge is 0.493 e. The Bertz CT molecular complexity index is 662. The number of methoxy groups -OCH3 is 2. The van der Waals surface area contributed by atoms with Crippen molar-refractivity contribution in [2.24, 2.45) is 11.3 Å². The zero-order valence-corrected chi connectivity index (χ0v) is 17.1. The fourth-order valence-corrected chi connectivity index (χ4v) is 5.19. The highest BCUT2D eigenvalue weighted by atomic mass is 16.5. The molecule has 2 fully saturated rings. The van der Waals surface area contributed by atoms with Crippen LogP contribution in [0.25, 0.3) is 0 Å². The topological polar surface area (TPSA) is 48.0 Å². The Labute approximate surface area is 163 Å². The maximum Gasteiger partial charge on any atom is 0.313 e. The van der Waals surface area contributed by atoms with Crippen molar-refractivity contribution >= 4 is 5.97 Å². The van der Waals surface area contributed by atoms with Crippen molar-refractivity contribution in [3.63, 3.8) is 0 Å². The van der Waals surface area contributed by atoms with Gasteiger partial charge in [-0.2, -0.15) is 0 Å². The molecule has 0 bridgehead atoms. The number of fused-ring (bicyclic) bond motifs is 1. The molecule has 2 aliphatic rings. The van der Waals surface area contributed by atoms with E-state index in [1.165, 1.54) is 5.56 Å². The Morgan fingerprint density at radius 3 is 2.74 bits per heavy atom. The van der Waals surface area contributed by atoms with Crippen LogP contribution in [-0.2, 0) is 16.0 Å². The fourth-order valence-electron chi connectivity index (χ4n) is 5.19. The molecule has 27 heavy (non-hydrogen) atoms. The minimum absolute atomic E-state index is 0.0233.